The minimum Gasteiger partial charge on any atom is -0.352 e. The van der Waals surface area contributed by atoms with Crippen molar-refractivity contribution in [3.8, 4) is 0 Å². The van der Waals surface area contributed by atoms with E-state index in [9.17, 15) is 4.79 Å². The highest BCUT2D eigenvalue weighted by molar-refractivity contribution is 5.82. The topological polar surface area (TPSA) is 29.1 Å². The smallest absolute Gasteiger partial charge is 0.223 e. The van der Waals surface area contributed by atoms with Crippen LogP contribution in [-0.4, -0.2) is 5.91 Å². The summed E-state index contributed by atoms with van der Waals surface area (Å²) in [4.78, 5) is 12.1. The minimum atomic E-state index is 0.278. The number of carbonyl (C=O) groups excluding carboxylic acids is 1. The summed E-state index contributed by atoms with van der Waals surface area (Å²) in [5.74, 6) is 0.585. The van der Waals surface area contributed by atoms with Crippen LogP contribution in [0.3, 0.4) is 0 Å². The Balaban J connectivity index is 1.51. The highest BCUT2D eigenvalue weighted by atomic mass is 16.2. The van der Waals surface area contributed by atoms with E-state index in [0.29, 0.717) is 17.9 Å². The molecular weight excluding hydrogens is 222 g/mol. The Hall–Kier alpha value is -1.31. The Labute approximate surface area is 109 Å². The maximum atomic E-state index is 12.1. The van der Waals surface area contributed by atoms with E-state index in [1.807, 2.05) is 18.2 Å². The maximum absolute atomic E-state index is 12.1. The van der Waals surface area contributed by atoms with Gasteiger partial charge in [-0.25, -0.2) is 0 Å². The van der Waals surface area contributed by atoms with Crippen LogP contribution >= 0.6 is 0 Å². The second kappa shape index (κ2) is 4.75. The molecule has 2 heteroatoms. The van der Waals surface area contributed by atoms with Crippen LogP contribution in [0.25, 0.3) is 0 Å². The molecule has 0 heterocycles. The molecule has 1 atom stereocenters. The van der Waals surface area contributed by atoms with Crippen molar-refractivity contribution < 1.29 is 4.79 Å². The summed E-state index contributed by atoms with van der Waals surface area (Å²) < 4.78 is 0. The molecule has 0 radical (unpaired) electrons. The zero-order chi connectivity index (χ0) is 12.4. The lowest BCUT2D eigenvalue weighted by Crippen LogP contribution is -2.27. The summed E-state index contributed by atoms with van der Waals surface area (Å²) in [5.41, 5.74) is 1.59. The molecule has 1 spiro atoms. The quantitative estimate of drug-likeness (QED) is 0.867. The molecule has 0 aromatic heterocycles. The van der Waals surface area contributed by atoms with Crippen LogP contribution in [0.1, 0.15) is 44.1 Å². The molecule has 96 valence electrons. The van der Waals surface area contributed by atoms with Gasteiger partial charge in [0.1, 0.15) is 0 Å². The van der Waals surface area contributed by atoms with Crippen LogP contribution in [-0.2, 0) is 11.3 Å². The fraction of sp³-hybridized carbons (Fsp3) is 0.562. The van der Waals surface area contributed by atoms with Gasteiger partial charge in [0, 0.05) is 12.5 Å². The van der Waals surface area contributed by atoms with Gasteiger partial charge in [-0.3, -0.25) is 4.79 Å². The van der Waals surface area contributed by atoms with Crippen molar-refractivity contribution >= 4 is 5.91 Å². The molecule has 18 heavy (non-hydrogen) atoms. The van der Waals surface area contributed by atoms with Crippen LogP contribution in [0, 0.1) is 11.3 Å². The number of hydrogen-bond donors (Lipinski definition) is 1. The third-order valence-corrected chi connectivity index (χ3v) is 4.67. The van der Waals surface area contributed by atoms with Crippen molar-refractivity contribution in [3.63, 3.8) is 0 Å². The van der Waals surface area contributed by atoms with Gasteiger partial charge in [-0.15, -0.1) is 0 Å². The molecule has 0 saturated heterocycles. The predicted octanol–water partition coefficient (Wildman–Crippen LogP) is 3.27. The Morgan fingerprint density at radius 3 is 2.61 bits per heavy atom. The molecule has 2 fully saturated rings. The van der Waals surface area contributed by atoms with Crippen molar-refractivity contribution in [3.05, 3.63) is 35.9 Å². The lowest BCUT2D eigenvalue weighted by atomic mass is 9.84. The van der Waals surface area contributed by atoms with Gasteiger partial charge in [-0.1, -0.05) is 49.6 Å². The van der Waals surface area contributed by atoms with Gasteiger partial charge in [0.2, 0.25) is 5.91 Å². The van der Waals surface area contributed by atoms with Crippen molar-refractivity contribution in [2.75, 3.05) is 0 Å². The fourth-order valence-electron chi connectivity index (χ4n) is 3.44. The predicted molar refractivity (Wildman–Crippen MR) is 71.9 cm³/mol. The SMILES string of the molecule is O=C(NCc1ccccc1)[C@H]1CC12CCCCC2. The third-order valence-electron chi connectivity index (χ3n) is 4.67. The van der Waals surface area contributed by atoms with Crippen molar-refractivity contribution in [1.82, 2.24) is 5.32 Å². The minimum absolute atomic E-state index is 0.278. The standard InChI is InChI=1S/C16H21NO/c18-15(17-12-13-7-3-1-4-8-13)14-11-16(14)9-5-2-6-10-16/h1,3-4,7-8,14H,2,5-6,9-12H2,(H,17,18)/t14-/m1/s1. The van der Waals surface area contributed by atoms with E-state index in [4.69, 9.17) is 0 Å². The largest absolute Gasteiger partial charge is 0.352 e. The van der Waals surface area contributed by atoms with Gasteiger partial charge in [0.05, 0.1) is 0 Å². The molecule has 3 rings (SSSR count). The number of nitrogens with one attached hydrogen (secondary N) is 1. The molecule has 0 aliphatic heterocycles. The zero-order valence-electron chi connectivity index (χ0n) is 10.8. The number of rotatable bonds is 3. The van der Waals surface area contributed by atoms with Gasteiger partial charge in [-0.05, 0) is 30.2 Å². The molecule has 1 aromatic carbocycles. The summed E-state index contributed by atoms with van der Waals surface area (Å²) in [6.45, 7) is 0.673. The maximum Gasteiger partial charge on any atom is 0.223 e. The lowest BCUT2D eigenvalue weighted by molar-refractivity contribution is -0.123. The average Bonchev–Trinajstić information content (AvgIpc) is 3.12. The Bertz CT molecular complexity index is 420. The molecule has 1 N–H and O–H groups in total. The Kier molecular flexibility index (Phi) is 3.11. The zero-order valence-corrected chi connectivity index (χ0v) is 10.8. The van der Waals surface area contributed by atoms with Crippen molar-refractivity contribution in [2.45, 2.75) is 45.1 Å². The summed E-state index contributed by atoms with van der Waals surface area (Å²) in [7, 11) is 0. The molecule has 1 amide bonds. The second-order valence-corrected chi connectivity index (χ2v) is 5.88. The van der Waals surface area contributed by atoms with Gasteiger partial charge < -0.3 is 5.32 Å². The first-order chi connectivity index (χ1) is 8.80. The van der Waals surface area contributed by atoms with Crippen molar-refractivity contribution in [1.29, 1.82) is 0 Å². The molecule has 2 nitrogen and oxygen atoms in total. The first kappa shape index (κ1) is 11.8. The second-order valence-electron chi connectivity index (χ2n) is 5.88. The monoisotopic (exact) mass is 243 g/mol. The normalized spacial score (nSPS) is 24.8. The third kappa shape index (κ3) is 2.29. The highest BCUT2D eigenvalue weighted by Crippen LogP contribution is 2.61. The highest BCUT2D eigenvalue weighted by Gasteiger charge is 2.57. The van der Waals surface area contributed by atoms with Crippen molar-refractivity contribution in [2.24, 2.45) is 11.3 Å². The van der Waals surface area contributed by atoms with E-state index in [0.717, 1.165) is 6.42 Å². The molecule has 2 aliphatic carbocycles. The summed E-state index contributed by atoms with van der Waals surface area (Å²) in [5, 5.41) is 3.09. The molecule has 1 aromatic rings. The average molecular weight is 243 g/mol. The summed E-state index contributed by atoms with van der Waals surface area (Å²) in [6, 6.07) is 10.2. The number of carbonyl (C=O) groups is 1. The van der Waals surface area contributed by atoms with Gasteiger partial charge in [0.15, 0.2) is 0 Å². The van der Waals surface area contributed by atoms with E-state index in [2.05, 4.69) is 17.4 Å². The van der Waals surface area contributed by atoms with Crippen LogP contribution in [0.2, 0.25) is 0 Å². The van der Waals surface area contributed by atoms with Crippen LogP contribution < -0.4 is 5.32 Å². The van der Waals surface area contributed by atoms with Crippen LogP contribution in [0.5, 0.6) is 0 Å². The van der Waals surface area contributed by atoms with E-state index >= 15 is 0 Å². The van der Waals surface area contributed by atoms with E-state index in [-0.39, 0.29) is 5.91 Å². The molecule has 0 bridgehead atoms. The van der Waals surface area contributed by atoms with Crippen LogP contribution in [0.15, 0.2) is 30.3 Å². The summed E-state index contributed by atoms with van der Waals surface area (Å²) >= 11 is 0. The van der Waals surface area contributed by atoms with E-state index in [1.54, 1.807) is 0 Å². The van der Waals surface area contributed by atoms with E-state index < -0.39 is 0 Å². The molecule has 2 saturated carbocycles. The number of amides is 1. The Morgan fingerprint density at radius 1 is 1.17 bits per heavy atom. The van der Waals surface area contributed by atoms with Gasteiger partial charge in [0.25, 0.3) is 0 Å². The molecule has 0 unspecified atom stereocenters. The fourth-order valence-corrected chi connectivity index (χ4v) is 3.44. The first-order valence-corrected chi connectivity index (χ1v) is 7.12. The van der Waals surface area contributed by atoms with E-state index in [1.165, 1.54) is 37.7 Å². The number of benzene rings is 1. The number of hydrogen-bond acceptors (Lipinski definition) is 1. The lowest BCUT2D eigenvalue weighted by Gasteiger charge is -2.22. The Morgan fingerprint density at radius 2 is 1.89 bits per heavy atom. The summed E-state index contributed by atoms with van der Waals surface area (Å²) in [6.07, 6.45) is 7.69. The molecular formula is C16H21NO. The van der Waals surface area contributed by atoms with Gasteiger partial charge in [-0.2, -0.15) is 0 Å². The molecule has 2 aliphatic rings. The van der Waals surface area contributed by atoms with Gasteiger partial charge >= 0.3 is 0 Å². The van der Waals surface area contributed by atoms with Crippen LogP contribution in [0.4, 0.5) is 0 Å². The first-order valence-electron chi connectivity index (χ1n) is 7.12.